The Hall–Kier alpha value is -2.39. The van der Waals surface area contributed by atoms with Gasteiger partial charge in [0.05, 0.1) is 6.54 Å². The first-order chi connectivity index (χ1) is 12.9. The summed E-state index contributed by atoms with van der Waals surface area (Å²) >= 11 is 9.56. The molecule has 1 amide bonds. The van der Waals surface area contributed by atoms with E-state index in [1.165, 1.54) is 13.3 Å². The molecule has 0 radical (unpaired) electrons. The summed E-state index contributed by atoms with van der Waals surface area (Å²) in [6.45, 7) is 3.35. The monoisotopic (exact) mass is 456 g/mol. The van der Waals surface area contributed by atoms with Crippen LogP contribution in [-0.4, -0.2) is 35.2 Å². The van der Waals surface area contributed by atoms with Gasteiger partial charge in [0.1, 0.15) is 35.6 Å². The van der Waals surface area contributed by atoms with Crippen LogP contribution in [0.5, 0.6) is 0 Å². The van der Waals surface area contributed by atoms with Gasteiger partial charge < -0.3 is 14.8 Å². The lowest BCUT2D eigenvalue weighted by atomic mass is 10.2. The predicted molar refractivity (Wildman–Crippen MR) is 105 cm³/mol. The maximum Gasteiger partial charge on any atom is 0.411 e. The molecule has 8 nitrogen and oxygen atoms in total. The summed E-state index contributed by atoms with van der Waals surface area (Å²) < 4.78 is 11.1. The molecule has 0 saturated heterocycles. The van der Waals surface area contributed by atoms with Crippen LogP contribution in [0.15, 0.2) is 35.1 Å². The van der Waals surface area contributed by atoms with E-state index in [0.717, 1.165) is 4.47 Å². The summed E-state index contributed by atoms with van der Waals surface area (Å²) in [4.78, 5) is 30.9. The van der Waals surface area contributed by atoms with Gasteiger partial charge >= 0.3 is 12.1 Å². The molecule has 2 rings (SSSR count). The van der Waals surface area contributed by atoms with Gasteiger partial charge in [-0.2, -0.15) is 0 Å². The first-order valence-corrected chi connectivity index (χ1v) is 9.14. The minimum atomic E-state index is -0.605. The second kappa shape index (κ2) is 10.1. The van der Waals surface area contributed by atoms with E-state index < -0.39 is 18.2 Å². The molecule has 1 aromatic carbocycles. The largest absolute Gasteiger partial charge is 0.456 e. The van der Waals surface area contributed by atoms with Crippen LogP contribution >= 0.6 is 27.5 Å². The SMILES string of the molecule is CC(=O)OC(C)c1ncnc(NCCOC(=O)Nc2ccc(Br)cc2)c1Cl. The Bertz CT molecular complexity index is 804. The van der Waals surface area contributed by atoms with Crippen LogP contribution in [0.4, 0.5) is 16.3 Å². The number of halogens is 2. The van der Waals surface area contributed by atoms with Crippen molar-refractivity contribution in [3.63, 3.8) is 0 Å². The quantitative estimate of drug-likeness (QED) is 0.475. The van der Waals surface area contributed by atoms with Crippen LogP contribution in [0, 0.1) is 0 Å². The molecule has 1 unspecified atom stereocenters. The Morgan fingerprint density at radius 3 is 2.63 bits per heavy atom. The normalized spacial score (nSPS) is 11.4. The molecule has 0 aliphatic rings. The molecule has 0 bridgehead atoms. The van der Waals surface area contributed by atoms with E-state index in [0.29, 0.717) is 17.2 Å². The van der Waals surface area contributed by atoms with Gasteiger partial charge in [-0.3, -0.25) is 10.1 Å². The molecule has 2 aromatic rings. The number of hydrogen-bond acceptors (Lipinski definition) is 7. The van der Waals surface area contributed by atoms with E-state index in [1.807, 2.05) is 12.1 Å². The lowest BCUT2D eigenvalue weighted by molar-refractivity contribution is -0.145. The highest BCUT2D eigenvalue weighted by atomic mass is 79.9. The number of aromatic nitrogens is 2. The van der Waals surface area contributed by atoms with Crippen LogP contribution in [0.1, 0.15) is 25.6 Å². The van der Waals surface area contributed by atoms with Crippen LogP contribution in [0.2, 0.25) is 5.02 Å². The van der Waals surface area contributed by atoms with Crippen molar-refractivity contribution in [2.75, 3.05) is 23.8 Å². The van der Waals surface area contributed by atoms with E-state index >= 15 is 0 Å². The number of ether oxygens (including phenoxy) is 2. The van der Waals surface area contributed by atoms with Gasteiger partial charge in [-0.15, -0.1) is 0 Å². The van der Waals surface area contributed by atoms with Crippen molar-refractivity contribution in [3.8, 4) is 0 Å². The number of nitrogens with zero attached hydrogens (tertiary/aromatic N) is 2. The molecule has 27 heavy (non-hydrogen) atoms. The Balaban J connectivity index is 1.82. The number of rotatable bonds is 7. The fraction of sp³-hybridized carbons (Fsp3) is 0.294. The number of amides is 1. The van der Waals surface area contributed by atoms with Crippen molar-refractivity contribution in [3.05, 3.63) is 45.8 Å². The van der Waals surface area contributed by atoms with Crippen LogP contribution in [0.3, 0.4) is 0 Å². The van der Waals surface area contributed by atoms with E-state index in [-0.39, 0.29) is 18.2 Å². The molecule has 0 aliphatic carbocycles. The maximum absolute atomic E-state index is 11.7. The molecular formula is C17H18BrClN4O4. The molecule has 0 aliphatic heterocycles. The van der Waals surface area contributed by atoms with Gasteiger partial charge in [0.2, 0.25) is 0 Å². The van der Waals surface area contributed by atoms with Gasteiger partial charge in [0, 0.05) is 17.1 Å². The van der Waals surface area contributed by atoms with Gasteiger partial charge in [-0.25, -0.2) is 14.8 Å². The van der Waals surface area contributed by atoms with Crippen molar-refractivity contribution in [2.45, 2.75) is 20.0 Å². The van der Waals surface area contributed by atoms with Crippen molar-refractivity contribution in [1.29, 1.82) is 0 Å². The highest BCUT2D eigenvalue weighted by molar-refractivity contribution is 9.10. The molecule has 1 atom stereocenters. The van der Waals surface area contributed by atoms with Crippen molar-refractivity contribution < 1.29 is 19.1 Å². The summed E-state index contributed by atoms with van der Waals surface area (Å²) in [5, 5.41) is 5.81. The molecule has 1 heterocycles. The van der Waals surface area contributed by atoms with E-state index in [4.69, 9.17) is 21.1 Å². The van der Waals surface area contributed by atoms with Gasteiger partial charge in [-0.05, 0) is 31.2 Å². The average Bonchev–Trinajstić information content (AvgIpc) is 2.61. The average molecular weight is 458 g/mol. The molecule has 2 N–H and O–H groups in total. The summed E-state index contributed by atoms with van der Waals surface area (Å²) in [6.07, 6.45) is 0.133. The smallest absolute Gasteiger partial charge is 0.411 e. The Morgan fingerprint density at radius 2 is 1.96 bits per heavy atom. The zero-order chi connectivity index (χ0) is 19.8. The molecular weight excluding hydrogens is 440 g/mol. The zero-order valence-electron chi connectivity index (χ0n) is 14.7. The first-order valence-electron chi connectivity index (χ1n) is 7.97. The van der Waals surface area contributed by atoms with Gasteiger partial charge in [-0.1, -0.05) is 27.5 Å². The van der Waals surface area contributed by atoms with E-state index in [1.54, 1.807) is 19.1 Å². The number of nitrogens with one attached hydrogen (secondary N) is 2. The molecule has 0 spiro atoms. The van der Waals surface area contributed by atoms with Crippen LogP contribution < -0.4 is 10.6 Å². The second-order valence-corrected chi connectivity index (χ2v) is 6.66. The summed E-state index contributed by atoms with van der Waals surface area (Å²) in [6, 6.07) is 7.11. The number of carbonyl (C=O) groups excluding carboxylic acids is 2. The number of esters is 1. The minimum Gasteiger partial charge on any atom is -0.456 e. The summed E-state index contributed by atoms with van der Waals surface area (Å²) in [7, 11) is 0. The molecule has 0 fully saturated rings. The highest BCUT2D eigenvalue weighted by Crippen LogP contribution is 2.28. The lowest BCUT2D eigenvalue weighted by Gasteiger charge is -2.15. The Morgan fingerprint density at radius 1 is 1.26 bits per heavy atom. The van der Waals surface area contributed by atoms with Gasteiger partial charge in [0.25, 0.3) is 0 Å². The first kappa shape index (κ1) is 20.9. The molecule has 144 valence electrons. The van der Waals surface area contributed by atoms with Gasteiger partial charge in [0.15, 0.2) is 0 Å². The van der Waals surface area contributed by atoms with E-state index in [2.05, 4.69) is 36.5 Å². The third kappa shape index (κ3) is 6.69. The fourth-order valence-corrected chi connectivity index (χ4v) is 2.68. The number of benzene rings is 1. The fourth-order valence-electron chi connectivity index (χ4n) is 2.10. The zero-order valence-corrected chi connectivity index (χ0v) is 17.0. The number of anilines is 2. The number of carbonyl (C=O) groups is 2. The van der Waals surface area contributed by atoms with E-state index in [9.17, 15) is 9.59 Å². The maximum atomic E-state index is 11.7. The lowest BCUT2D eigenvalue weighted by Crippen LogP contribution is -2.19. The standard InChI is InChI=1S/C17H18BrClN4O4/c1-10(27-11(2)24)15-14(19)16(22-9-21-15)20-7-8-26-17(25)23-13-5-3-12(18)4-6-13/h3-6,9-10H,7-8H2,1-2H3,(H,23,25)(H,20,21,22). The predicted octanol–water partition coefficient (Wildman–Crippen LogP) is 4.18. The third-order valence-electron chi connectivity index (χ3n) is 3.26. The summed E-state index contributed by atoms with van der Waals surface area (Å²) in [5.41, 5.74) is 1.01. The second-order valence-electron chi connectivity index (χ2n) is 5.37. The number of hydrogen-bond donors (Lipinski definition) is 2. The third-order valence-corrected chi connectivity index (χ3v) is 4.16. The summed E-state index contributed by atoms with van der Waals surface area (Å²) in [5.74, 6) is -0.0746. The van der Waals surface area contributed by atoms with Crippen molar-refractivity contribution >= 4 is 51.1 Å². The van der Waals surface area contributed by atoms with Crippen LogP contribution in [0.25, 0.3) is 0 Å². The molecule has 0 saturated carbocycles. The van der Waals surface area contributed by atoms with Crippen molar-refractivity contribution in [2.24, 2.45) is 0 Å². The van der Waals surface area contributed by atoms with Crippen molar-refractivity contribution in [1.82, 2.24) is 9.97 Å². The minimum absolute atomic E-state index is 0.0948. The highest BCUT2D eigenvalue weighted by Gasteiger charge is 2.17. The Kier molecular flexibility index (Phi) is 7.81. The molecule has 1 aromatic heterocycles. The van der Waals surface area contributed by atoms with Crippen LogP contribution in [-0.2, 0) is 14.3 Å². The molecule has 10 heteroatoms. The Labute approximate surface area is 169 Å². The topological polar surface area (TPSA) is 102 Å².